The molecule has 2 heterocycles. The summed E-state index contributed by atoms with van der Waals surface area (Å²) in [5.74, 6) is 0.740. The molecular weight excluding hydrogens is 354 g/mol. The molecule has 2 aromatic rings. The van der Waals surface area contributed by atoms with Gasteiger partial charge in [-0.05, 0) is 24.8 Å². The number of hydrogen-bond donors (Lipinski definition) is 2. The molecule has 0 radical (unpaired) electrons. The summed E-state index contributed by atoms with van der Waals surface area (Å²) in [6, 6.07) is 11.1. The molecule has 0 saturated carbocycles. The van der Waals surface area contributed by atoms with E-state index in [0.29, 0.717) is 17.9 Å². The van der Waals surface area contributed by atoms with Crippen LogP contribution in [-0.2, 0) is 6.42 Å². The number of hydrogen-bond acceptors (Lipinski definition) is 6. The van der Waals surface area contributed by atoms with Gasteiger partial charge >= 0.3 is 0 Å². The second-order valence-electron chi connectivity index (χ2n) is 7.50. The van der Waals surface area contributed by atoms with Crippen molar-refractivity contribution in [3.8, 4) is 0 Å². The van der Waals surface area contributed by atoms with Crippen LogP contribution in [0.15, 0.2) is 53.7 Å². The summed E-state index contributed by atoms with van der Waals surface area (Å²) in [5, 5.41) is 18.6. The minimum atomic E-state index is 0.266. The first-order valence-electron chi connectivity index (χ1n) is 9.47. The Labute approximate surface area is 164 Å². The molecule has 5 nitrogen and oxygen atoms in total. The molecular formula is C21H25N5S. The van der Waals surface area contributed by atoms with Crippen LogP contribution in [0.2, 0.25) is 0 Å². The van der Waals surface area contributed by atoms with Crippen LogP contribution in [0.5, 0.6) is 0 Å². The summed E-state index contributed by atoms with van der Waals surface area (Å²) in [6.07, 6.45) is 7.55. The van der Waals surface area contributed by atoms with E-state index in [4.69, 9.17) is 0 Å². The van der Waals surface area contributed by atoms with Gasteiger partial charge in [-0.3, -0.25) is 0 Å². The zero-order valence-corrected chi connectivity index (χ0v) is 16.7. The third-order valence-electron chi connectivity index (χ3n) is 4.93. The minimum absolute atomic E-state index is 0.266. The Bertz CT molecular complexity index is 881. The number of nitrogens with zero attached hydrogens (tertiary/aromatic N) is 3. The first-order chi connectivity index (χ1) is 13.1. The van der Waals surface area contributed by atoms with E-state index in [1.165, 1.54) is 11.3 Å². The second-order valence-corrected chi connectivity index (χ2v) is 8.48. The highest BCUT2D eigenvalue weighted by atomic mass is 32.1. The molecule has 27 heavy (non-hydrogen) atoms. The lowest BCUT2D eigenvalue weighted by molar-refractivity contribution is 0.617. The molecule has 1 aliphatic heterocycles. The van der Waals surface area contributed by atoms with Gasteiger partial charge in [0.25, 0.3) is 0 Å². The Morgan fingerprint density at radius 3 is 2.74 bits per heavy atom. The van der Waals surface area contributed by atoms with Crippen molar-refractivity contribution >= 4 is 27.8 Å². The van der Waals surface area contributed by atoms with E-state index >= 15 is 0 Å². The van der Waals surface area contributed by atoms with Gasteiger partial charge in [0.2, 0.25) is 5.13 Å². The van der Waals surface area contributed by atoms with Gasteiger partial charge in [0.05, 0.1) is 6.04 Å². The molecule has 6 heteroatoms. The monoisotopic (exact) mass is 379 g/mol. The molecule has 3 atom stereocenters. The third kappa shape index (κ3) is 3.95. The molecule has 1 aromatic carbocycles. The lowest BCUT2D eigenvalue weighted by atomic mass is 9.85. The van der Waals surface area contributed by atoms with Crippen LogP contribution in [-0.4, -0.2) is 28.0 Å². The maximum absolute atomic E-state index is 4.52. The zero-order chi connectivity index (χ0) is 18.8. The number of hydrazone groups is 1. The summed E-state index contributed by atoms with van der Waals surface area (Å²) >= 11 is 1.61. The van der Waals surface area contributed by atoms with E-state index in [1.807, 2.05) is 6.07 Å². The van der Waals surface area contributed by atoms with Crippen molar-refractivity contribution in [2.24, 2.45) is 16.9 Å². The molecule has 0 spiro atoms. The van der Waals surface area contributed by atoms with Crippen molar-refractivity contribution in [3.05, 3.63) is 59.1 Å². The Balaban J connectivity index is 1.44. The van der Waals surface area contributed by atoms with Crippen LogP contribution in [0.25, 0.3) is 5.57 Å². The number of anilines is 1. The van der Waals surface area contributed by atoms with Gasteiger partial charge in [-0.25, -0.2) is 0 Å². The Hall–Kier alpha value is -2.47. The fourth-order valence-corrected chi connectivity index (χ4v) is 4.44. The first kappa shape index (κ1) is 17.9. The van der Waals surface area contributed by atoms with Crippen molar-refractivity contribution < 1.29 is 0 Å². The van der Waals surface area contributed by atoms with Crippen LogP contribution in [0.3, 0.4) is 0 Å². The van der Waals surface area contributed by atoms with Gasteiger partial charge in [-0.1, -0.05) is 73.7 Å². The van der Waals surface area contributed by atoms with Crippen LogP contribution in [0.1, 0.15) is 31.3 Å². The number of allylic oxidation sites excluding steroid dienone is 2. The summed E-state index contributed by atoms with van der Waals surface area (Å²) in [7, 11) is 0. The fraction of sp³-hybridized carbons (Fsp3) is 0.381. The summed E-state index contributed by atoms with van der Waals surface area (Å²) in [4.78, 5) is 0. The number of rotatable bonds is 6. The Kier molecular flexibility index (Phi) is 5.07. The molecule has 1 aromatic heterocycles. The quantitative estimate of drug-likeness (QED) is 0.792. The standard InChI is InChI=1S/C21H25N5S/c1-13(2)19-17-12-16(9-10-18(17)23-24-19)20-25-26-21(27-20)22-14(3)11-15-7-5-4-6-8-15/h4-10,12-14,17-18,23H,11H2,1-3H3,(H,22,26)/t14-,17?,18?/m0/s1. The molecule has 4 rings (SSSR count). The van der Waals surface area contributed by atoms with Crippen molar-refractivity contribution in [2.75, 3.05) is 5.32 Å². The van der Waals surface area contributed by atoms with Crippen molar-refractivity contribution in [1.29, 1.82) is 0 Å². The molecule has 2 N–H and O–H groups in total. The van der Waals surface area contributed by atoms with E-state index < -0.39 is 0 Å². The first-order valence-corrected chi connectivity index (χ1v) is 10.3. The van der Waals surface area contributed by atoms with Crippen molar-refractivity contribution in [2.45, 2.75) is 39.3 Å². The molecule has 140 valence electrons. The van der Waals surface area contributed by atoms with E-state index in [2.05, 4.69) is 89.3 Å². The van der Waals surface area contributed by atoms with Gasteiger partial charge in [-0.2, -0.15) is 5.10 Å². The Morgan fingerprint density at radius 1 is 1.15 bits per heavy atom. The van der Waals surface area contributed by atoms with Crippen molar-refractivity contribution in [3.63, 3.8) is 0 Å². The molecule has 0 bridgehead atoms. The smallest absolute Gasteiger partial charge is 0.206 e. The lowest BCUT2D eigenvalue weighted by Crippen LogP contribution is -2.29. The zero-order valence-electron chi connectivity index (χ0n) is 15.9. The highest BCUT2D eigenvalue weighted by Gasteiger charge is 2.32. The van der Waals surface area contributed by atoms with Gasteiger partial charge in [0.1, 0.15) is 5.01 Å². The SMILES string of the molecule is CC(C)C1=NNC2C=CC(c3nnc(N[C@@H](C)Cc4ccccc4)s3)=CC12. The maximum Gasteiger partial charge on any atom is 0.206 e. The number of fused-ring (bicyclic) bond motifs is 1. The molecule has 0 fully saturated rings. The minimum Gasteiger partial charge on any atom is -0.357 e. The summed E-state index contributed by atoms with van der Waals surface area (Å²) in [6.45, 7) is 6.56. The topological polar surface area (TPSA) is 62.2 Å². The largest absolute Gasteiger partial charge is 0.357 e. The molecule has 1 aliphatic carbocycles. The second kappa shape index (κ2) is 7.64. The Morgan fingerprint density at radius 2 is 1.96 bits per heavy atom. The van der Waals surface area contributed by atoms with Crippen LogP contribution < -0.4 is 10.7 Å². The highest BCUT2D eigenvalue weighted by molar-refractivity contribution is 7.16. The van der Waals surface area contributed by atoms with Gasteiger partial charge in [0, 0.05) is 23.2 Å². The highest BCUT2D eigenvalue weighted by Crippen LogP contribution is 2.32. The van der Waals surface area contributed by atoms with Crippen LogP contribution >= 0.6 is 11.3 Å². The van der Waals surface area contributed by atoms with E-state index in [-0.39, 0.29) is 6.04 Å². The molecule has 0 amide bonds. The maximum atomic E-state index is 4.52. The van der Waals surface area contributed by atoms with Crippen LogP contribution in [0, 0.1) is 11.8 Å². The average Bonchev–Trinajstić information content (AvgIpc) is 3.28. The number of benzene rings is 1. The van der Waals surface area contributed by atoms with E-state index in [0.717, 1.165) is 22.1 Å². The summed E-state index contributed by atoms with van der Waals surface area (Å²) in [5.41, 5.74) is 6.89. The number of nitrogens with one attached hydrogen (secondary N) is 2. The van der Waals surface area contributed by atoms with Gasteiger partial charge in [0.15, 0.2) is 0 Å². The summed E-state index contributed by atoms with van der Waals surface area (Å²) < 4.78 is 0. The lowest BCUT2D eigenvalue weighted by Gasteiger charge is -2.20. The van der Waals surface area contributed by atoms with Gasteiger partial charge < -0.3 is 10.7 Å². The number of aromatic nitrogens is 2. The molecule has 2 unspecified atom stereocenters. The fourth-order valence-electron chi connectivity index (χ4n) is 3.58. The predicted octanol–water partition coefficient (Wildman–Crippen LogP) is 4.13. The van der Waals surface area contributed by atoms with Crippen LogP contribution in [0.4, 0.5) is 5.13 Å². The van der Waals surface area contributed by atoms with Crippen molar-refractivity contribution in [1.82, 2.24) is 15.6 Å². The normalized spacial score (nSPS) is 22.1. The van der Waals surface area contributed by atoms with E-state index in [9.17, 15) is 0 Å². The third-order valence-corrected chi connectivity index (χ3v) is 5.83. The van der Waals surface area contributed by atoms with Gasteiger partial charge in [-0.15, -0.1) is 10.2 Å². The molecule has 0 saturated heterocycles. The predicted molar refractivity (Wildman–Crippen MR) is 113 cm³/mol. The molecule has 2 aliphatic rings. The van der Waals surface area contributed by atoms with E-state index in [1.54, 1.807) is 11.3 Å². The average molecular weight is 380 g/mol.